The molecule has 1 rings (SSSR count). The van der Waals surface area contributed by atoms with E-state index in [0.717, 1.165) is 12.8 Å². The summed E-state index contributed by atoms with van der Waals surface area (Å²) in [6.07, 6.45) is 2.89. The van der Waals surface area contributed by atoms with Crippen LogP contribution in [0.2, 0.25) is 0 Å². The zero-order chi connectivity index (χ0) is 10.6. The molecular formula is C10H16ClNO2. The minimum atomic E-state index is -0.122. The molecule has 0 aromatic heterocycles. The van der Waals surface area contributed by atoms with Crippen molar-refractivity contribution in [2.24, 2.45) is 5.92 Å². The number of amides is 2. The Labute approximate surface area is 89.4 Å². The first kappa shape index (κ1) is 11.5. The molecule has 0 spiro atoms. The van der Waals surface area contributed by atoms with Crippen molar-refractivity contribution < 1.29 is 9.59 Å². The number of carbonyl (C=O) groups is 2. The lowest BCUT2D eigenvalue weighted by molar-refractivity contribution is -0.141. The van der Waals surface area contributed by atoms with Gasteiger partial charge in [-0.15, -0.1) is 11.6 Å². The van der Waals surface area contributed by atoms with E-state index in [1.165, 1.54) is 4.90 Å². The third kappa shape index (κ3) is 2.71. The van der Waals surface area contributed by atoms with Gasteiger partial charge in [-0.05, 0) is 12.3 Å². The van der Waals surface area contributed by atoms with Gasteiger partial charge in [0.2, 0.25) is 11.8 Å². The van der Waals surface area contributed by atoms with Crippen LogP contribution in [0.3, 0.4) is 0 Å². The van der Waals surface area contributed by atoms with E-state index in [4.69, 9.17) is 11.6 Å². The molecule has 1 saturated heterocycles. The standard InChI is InChI=1S/C10H16ClNO2/c1-2-3-8-6-10(14)12(7-8)9(13)4-5-11/h8H,2-7H2,1H3. The Hall–Kier alpha value is -0.570. The summed E-state index contributed by atoms with van der Waals surface area (Å²) in [5, 5.41) is 0. The lowest BCUT2D eigenvalue weighted by atomic mass is 10.0. The van der Waals surface area contributed by atoms with E-state index in [0.29, 0.717) is 24.8 Å². The molecule has 80 valence electrons. The highest BCUT2D eigenvalue weighted by atomic mass is 35.5. The molecule has 0 aromatic rings. The van der Waals surface area contributed by atoms with Crippen molar-refractivity contribution in [3.8, 4) is 0 Å². The van der Waals surface area contributed by atoms with Crippen molar-refractivity contribution in [1.82, 2.24) is 4.90 Å². The Balaban J connectivity index is 2.47. The number of alkyl halides is 1. The second kappa shape index (κ2) is 5.35. The molecule has 1 fully saturated rings. The van der Waals surface area contributed by atoms with Crippen LogP contribution >= 0.6 is 11.6 Å². The van der Waals surface area contributed by atoms with Crippen LogP contribution in [0.25, 0.3) is 0 Å². The lowest BCUT2D eigenvalue weighted by Gasteiger charge is -2.13. The average molecular weight is 218 g/mol. The molecule has 4 heteroatoms. The quantitative estimate of drug-likeness (QED) is 0.674. The van der Waals surface area contributed by atoms with Crippen molar-refractivity contribution in [2.45, 2.75) is 32.6 Å². The van der Waals surface area contributed by atoms with E-state index in [-0.39, 0.29) is 18.2 Å². The van der Waals surface area contributed by atoms with Crippen LogP contribution < -0.4 is 0 Å². The fourth-order valence-electron chi connectivity index (χ4n) is 1.84. The monoisotopic (exact) mass is 217 g/mol. The van der Waals surface area contributed by atoms with Crippen LogP contribution in [0.15, 0.2) is 0 Å². The third-order valence-corrected chi connectivity index (χ3v) is 2.70. The third-order valence-electron chi connectivity index (χ3n) is 2.51. The van der Waals surface area contributed by atoms with Crippen molar-refractivity contribution in [1.29, 1.82) is 0 Å². The Morgan fingerprint density at radius 1 is 1.64 bits per heavy atom. The van der Waals surface area contributed by atoms with E-state index >= 15 is 0 Å². The van der Waals surface area contributed by atoms with Crippen molar-refractivity contribution in [2.75, 3.05) is 12.4 Å². The zero-order valence-electron chi connectivity index (χ0n) is 8.46. The number of imide groups is 1. The number of halogens is 1. The molecule has 1 aliphatic rings. The van der Waals surface area contributed by atoms with Crippen LogP contribution in [0.1, 0.15) is 32.6 Å². The van der Waals surface area contributed by atoms with Crippen LogP contribution in [-0.4, -0.2) is 29.1 Å². The van der Waals surface area contributed by atoms with Gasteiger partial charge in [-0.3, -0.25) is 14.5 Å². The topological polar surface area (TPSA) is 37.4 Å². The highest BCUT2D eigenvalue weighted by Crippen LogP contribution is 2.22. The summed E-state index contributed by atoms with van der Waals surface area (Å²) in [5.41, 5.74) is 0. The summed E-state index contributed by atoms with van der Waals surface area (Å²) in [6, 6.07) is 0. The fraction of sp³-hybridized carbons (Fsp3) is 0.800. The molecule has 0 saturated carbocycles. The van der Waals surface area contributed by atoms with Crippen molar-refractivity contribution in [3.63, 3.8) is 0 Å². The molecule has 1 atom stereocenters. The van der Waals surface area contributed by atoms with Gasteiger partial charge >= 0.3 is 0 Å². The smallest absolute Gasteiger partial charge is 0.230 e. The summed E-state index contributed by atoms with van der Waals surface area (Å²) < 4.78 is 0. The summed E-state index contributed by atoms with van der Waals surface area (Å²) >= 11 is 5.46. The van der Waals surface area contributed by atoms with E-state index in [1.54, 1.807) is 0 Å². The van der Waals surface area contributed by atoms with Gasteiger partial charge in [-0.1, -0.05) is 13.3 Å². The van der Waals surface area contributed by atoms with Crippen LogP contribution in [0.5, 0.6) is 0 Å². The maximum absolute atomic E-state index is 11.4. The number of carbonyl (C=O) groups excluding carboxylic acids is 2. The Kier molecular flexibility index (Phi) is 4.39. The number of hydrogen-bond donors (Lipinski definition) is 0. The maximum Gasteiger partial charge on any atom is 0.230 e. The van der Waals surface area contributed by atoms with E-state index < -0.39 is 0 Å². The number of likely N-dealkylation sites (tertiary alicyclic amines) is 1. The van der Waals surface area contributed by atoms with Gasteiger partial charge in [0, 0.05) is 25.3 Å². The first-order valence-electron chi connectivity index (χ1n) is 5.08. The summed E-state index contributed by atoms with van der Waals surface area (Å²) in [5.74, 6) is 0.509. The second-order valence-electron chi connectivity index (χ2n) is 3.70. The SMILES string of the molecule is CCCC1CC(=O)N(C(=O)CCCl)C1. The molecule has 0 aliphatic carbocycles. The van der Waals surface area contributed by atoms with Gasteiger partial charge in [0.25, 0.3) is 0 Å². The average Bonchev–Trinajstić information content (AvgIpc) is 2.48. The van der Waals surface area contributed by atoms with Gasteiger partial charge in [-0.25, -0.2) is 0 Å². The molecule has 0 radical (unpaired) electrons. The molecule has 0 aromatic carbocycles. The first-order valence-corrected chi connectivity index (χ1v) is 5.61. The summed E-state index contributed by atoms with van der Waals surface area (Å²) in [4.78, 5) is 24.2. The Bertz CT molecular complexity index is 230. The van der Waals surface area contributed by atoms with E-state index in [9.17, 15) is 9.59 Å². The summed E-state index contributed by atoms with van der Waals surface area (Å²) in [7, 11) is 0. The predicted molar refractivity (Wildman–Crippen MR) is 55.1 cm³/mol. The molecule has 2 amide bonds. The van der Waals surface area contributed by atoms with Gasteiger partial charge in [-0.2, -0.15) is 0 Å². The molecule has 1 aliphatic heterocycles. The maximum atomic E-state index is 11.4. The number of hydrogen-bond acceptors (Lipinski definition) is 2. The Morgan fingerprint density at radius 2 is 2.36 bits per heavy atom. The molecule has 0 bridgehead atoms. The van der Waals surface area contributed by atoms with Crippen LogP contribution in [0, 0.1) is 5.92 Å². The molecule has 3 nitrogen and oxygen atoms in total. The van der Waals surface area contributed by atoms with E-state index in [2.05, 4.69) is 6.92 Å². The molecular weight excluding hydrogens is 202 g/mol. The molecule has 1 unspecified atom stereocenters. The normalized spacial score (nSPS) is 21.7. The van der Waals surface area contributed by atoms with Crippen LogP contribution in [-0.2, 0) is 9.59 Å². The molecule has 0 N–H and O–H groups in total. The minimum Gasteiger partial charge on any atom is -0.282 e. The molecule has 14 heavy (non-hydrogen) atoms. The second-order valence-corrected chi connectivity index (χ2v) is 4.07. The minimum absolute atomic E-state index is 0.0291. The first-order chi connectivity index (χ1) is 6.69. The molecule has 1 heterocycles. The van der Waals surface area contributed by atoms with Gasteiger partial charge < -0.3 is 0 Å². The van der Waals surface area contributed by atoms with Gasteiger partial charge in [0.05, 0.1) is 0 Å². The zero-order valence-corrected chi connectivity index (χ0v) is 9.22. The van der Waals surface area contributed by atoms with Gasteiger partial charge in [0.1, 0.15) is 0 Å². The Morgan fingerprint density at radius 3 is 2.93 bits per heavy atom. The van der Waals surface area contributed by atoms with Crippen LogP contribution in [0.4, 0.5) is 0 Å². The fourth-order valence-corrected chi connectivity index (χ4v) is 2.00. The number of nitrogens with zero attached hydrogens (tertiary/aromatic N) is 1. The van der Waals surface area contributed by atoms with Crippen molar-refractivity contribution in [3.05, 3.63) is 0 Å². The van der Waals surface area contributed by atoms with E-state index in [1.807, 2.05) is 0 Å². The van der Waals surface area contributed by atoms with Crippen molar-refractivity contribution >= 4 is 23.4 Å². The number of rotatable bonds is 4. The highest BCUT2D eigenvalue weighted by molar-refractivity contribution is 6.19. The van der Waals surface area contributed by atoms with Gasteiger partial charge in [0.15, 0.2) is 0 Å². The highest BCUT2D eigenvalue weighted by Gasteiger charge is 2.32. The largest absolute Gasteiger partial charge is 0.282 e. The lowest BCUT2D eigenvalue weighted by Crippen LogP contribution is -2.32. The predicted octanol–water partition coefficient (Wildman–Crippen LogP) is 1.79. The summed E-state index contributed by atoms with van der Waals surface area (Å²) in [6.45, 7) is 2.69.